The molecule has 0 bridgehead atoms. The largest absolute Gasteiger partial charge is 0.263 e. The summed E-state index contributed by atoms with van der Waals surface area (Å²) in [5.74, 6) is 0.296. The molecule has 106 valence electrons. The predicted octanol–water partition coefficient (Wildman–Crippen LogP) is 4.02. The number of anilines is 1. The highest BCUT2D eigenvalue weighted by molar-refractivity contribution is 9.10. The van der Waals surface area contributed by atoms with Crippen LogP contribution in [0.2, 0.25) is 0 Å². The minimum absolute atomic E-state index is 0.231. The van der Waals surface area contributed by atoms with Crippen LogP contribution in [0.4, 0.5) is 5.82 Å². The third-order valence-corrected chi connectivity index (χ3v) is 5.55. The number of benzene rings is 1. The Kier molecular flexibility index (Phi) is 4.51. The smallest absolute Gasteiger partial charge is 0.263 e. The second-order valence-electron chi connectivity index (χ2n) is 4.33. The van der Waals surface area contributed by atoms with E-state index in [1.807, 2.05) is 6.92 Å². The zero-order chi connectivity index (χ0) is 14.9. The van der Waals surface area contributed by atoms with Gasteiger partial charge in [-0.3, -0.25) is 4.72 Å². The minimum atomic E-state index is -3.65. The topological polar surface area (TPSA) is 59.1 Å². The second-order valence-corrected chi connectivity index (χ2v) is 7.75. The van der Waals surface area contributed by atoms with Crippen molar-refractivity contribution in [2.75, 3.05) is 4.72 Å². The first kappa shape index (κ1) is 15.5. The number of aromatic nitrogens is 1. The van der Waals surface area contributed by atoms with Crippen molar-refractivity contribution in [2.45, 2.75) is 18.7 Å². The molecule has 0 spiro atoms. The van der Waals surface area contributed by atoms with Crippen molar-refractivity contribution in [3.63, 3.8) is 0 Å². The normalized spacial score (nSPS) is 11.4. The summed E-state index contributed by atoms with van der Waals surface area (Å²) in [6.45, 7) is 3.62. The Morgan fingerprint density at radius 2 is 1.80 bits per heavy atom. The van der Waals surface area contributed by atoms with Crippen molar-refractivity contribution >= 4 is 47.7 Å². The Morgan fingerprint density at radius 3 is 2.45 bits per heavy atom. The van der Waals surface area contributed by atoms with Gasteiger partial charge in [0.15, 0.2) is 0 Å². The minimum Gasteiger partial charge on any atom is -0.263 e. The molecule has 0 saturated heterocycles. The number of nitrogens with zero attached hydrogens (tertiary/aromatic N) is 1. The van der Waals surface area contributed by atoms with E-state index < -0.39 is 10.0 Å². The molecule has 0 atom stereocenters. The number of halogens is 2. The Balaban J connectivity index is 2.40. The first-order valence-electron chi connectivity index (χ1n) is 5.71. The monoisotopic (exact) mass is 418 g/mol. The number of hydrogen-bond acceptors (Lipinski definition) is 3. The summed E-state index contributed by atoms with van der Waals surface area (Å²) in [5.41, 5.74) is 1.58. The number of aryl methyl sites for hydroxylation is 2. The van der Waals surface area contributed by atoms with Crippen LogP contribution >= 0.6 is 31.9 Å². The van der Waals surface area contributed by atoms with Gasteiger partial charge >= 0.3 is 0 Å². The molecule has 20 heavy (non-hydrogen) atoms. The third kappa shape index (κ3) is 3.39. The highest BCUT2D eigenvalue weighted by Gasteiger charge is 2.18. The molecule has 4 nitrogen and oxygen atoms in total. The summed E-state index contributed by atoms with van der Waals surface area (Å²) in [4.78, 5) is 4.28. The average molecular weight is 420 g/mol. The van der Waals surface area contributed by atoms with Gasteiger partial charge < -0.3 is 0 Å². The van der Waals surface area contributed by atoms with Gasteiger partial charge in [-0.2, -0.15) is 0 Å². The van der Waals surface area contributed by atoms with E-state index in [4.69, 9.17) is 0 Å². The fraction of sp³-hybridized carbons (Fsp3) is 0.154. The van der Waals surface area contributed by atoms with Gasteiger partial charge in [0.1, 0.15) is 5.82 Å². The van der Waals surface area contributed by atoms with Gasteiger partial charge in [-0.1, -0.05) is 22.0 Å². The molecule has 0 aliphatic heterocycles. The Morgan fingerprint density at radius 1 is 1.10 bits per heavy atom. The number of pyridine rings is 1. The van der Waals surface area contributed by atoms with Crippen LogP contribution in [0.15, 0.2) is 44.3 Å². The van der Waals surface area contributed by atoms with E-state index in [9.17, 15) is 8.42 Å². The summed E-state index contributed by atoms with van der Waals surface area (Å²) in [6.07, 6.45) is 1.57. The SMILES string of the molecule is Cc1cc(NS(=O)(=O)c2cc(Br)ccc2C)ncc1Br. The van der Waals surface area contributed by atoms with Gasteiger partial charge in [0.25, 0.3) is 10.0 Å². The molecule has 0 saturated carbocycles. The van der Waals surface area contributed by atoms with Crippen LogP contribution in [0.5, 0.6) is 0 Å². The van der Waals surface area contributed by atoms with Crippen LogP contribution in [-0.4, -0.2) is 13.4 Å². The van der Waals surface area contributed by atoms with Gasteiger partial charge in [-0.05, 0) is 59.1 Å². The summed E-state index contributed by atoms with van der Waals surface area (Å²) in [5, 5.41) is 0. The van der Waals surface area contributed by atoms with Crippen molar-refractivity contribution in [1.82, 2.24) is 4.98 Å². The molecular formula is C13H12Br2N2O2S. The highest BCUT2D eigenvalue weighted by Crippen LogP contribution is 2.24. The lowest BCUT2D eigenvalue weighted by Crippen LogP contribution is -2.15. The molecule has 0 unspecified atom stereocenters. The lowest BCUT2D eigenvalue weighted by Gasteiger charge is -2.11. The molecule has 1 heterocycles. The van der Waals surface area contributed by atoms with Crippen LogP contribution in [0.3, 0.4) is 0 Å². The summed E-state index contributed by atoms with van der Waals surface area (Å²) < 4.78 is 28.8. The Bertz CT molecular complexity index is 761. The van der Waals surface area contributed by atoms with Crippen LogP contribution in [0.25, 0.3) is 0 Å². The van der Waals surface area contributed by atoms with E-state index in [0.717, 1.165) is 10.0 Å². The van der Waals surface area contributed by atoms with E-state index >= 15 is 0 Å². The molecular weight excluding hydrogens is 408 g/mol. The maximum atomic E-state index is 12.4. The van der Waals surface area contributed by atoms with E-state index in [0.29, 0.717) is 15.9 Å². The number of rotatable bonds is 3. The van der Waals surface area contributed by atoms with E-state index in [1.54, 1.807) is 37.4 Å². The van der Waals surface area contributed by atoms with Gasteiger partial charge in [-0.25, -0.2) is 13.4 Å². The lowest BCUT2D eigenvalue weighted by atomic mass is 10.2. The molecule has 0 amide bonds. The maximum absolute atomic E-state index is 12.4. The van der Waals surface area contributed by atoms with Crippen LogP contribution in [-0.2, 0) is 10.0 Å². The van der Waals surface area contributed by atoms with Crippen molar-refractivity contribution in [2.24, 2.45) is 0 Å². The molecule has 1 aromatic carbocycles. The van der Waals surface area contributed by atoms with Crippen LogP contribution in [0.1, 0.15) is 11.1 Å². The third-order valence-electron chi connectivity index (χ3n) is 2.73. The molecule has 7 heteroatoms. The van der Waals surface area contributed by atoms with Gasteiger partial charge in [0, 0.05) is 15.1 Å². The molecule has 0 aliphatic rings. The van der Waals surface area contributed by atoms with Crippen LogP contribution < -0.4 is 4.72 Å². The molecule has 1 N–H and O–H groups in total. The van der Waals surface area contributed by atoms with Gasteiger partial charge in [0.2, 0.25) is 0 Å². The van der Waals surface area contributed by atoms with E-state index in [2.05, 4.69) is 41.6 Å². The van der Waals surface area contributed by atoms with Gasteiger partial charge in [-0.15, -0.1) is 0 Å². The van der Waals surface area contributed by atoms with Crippen molar-refractivity contribution in [3.8, 4) is 0 Å². The molecule has 1 aromatic heterocycles. The zero-order valence-electron chi connectivity index (χ0n) is 10.8. The number of sulfonamides is 1. The highest BCUT2D eigenvalue weighted by atomic mass is 79.9. The fourth-order valence-electron chi connectivity index (χ4n) is 1.65. The number of hydrogen-bond donors (Lipinski definition) is 1. The van der Waals surface area contributed by atoms with Gasteiger partial charge in [0.05, 0.1) is 4.90 Å². The molecule has 0 aliphatic carbocycles. The van der Waals surface area contributed by atoms with Crippen molar-refractivity contribution < 1.29 is 8.42 Å². The van der Waals surface area contributed by atoms with Crippen molar-refractivity contribution in [3.05, 3.63) is 50.5 Å². The first-order chi connectivity index (χ1) is 9.29. The lowest BCUT2D eigenvalue weighted by molar-refractivity contribution is 0.600. The molecule has 2 aromatic rings. The fourth-order valence-corrected chi connectivity index (χ4v) is 3.65. The summed E-state index contributed by atoms with van der Waals surface area (Å²) in [6, 6.07) is 6.80. The molecule has 2 rings (SSSR count). The Hall–Kier alpha value is -0.920. The van der Waals surface area contributed by atoms with Crippen molar-refractivity contribution in [1.29, 1.82) is 0 Å². The molecule has 0 fully saturated rings. The quantitative estimate of drug-likeness (QED) is 0.816. The average Bonchev–Trinajstić information content (AvgIpc) is 2.36. The maximum Gasteiger partial charge on any atom is 0.263 e. The Labute approximate surface area is 134 Å². The standard InChI is InChI=1S/C13H12Br2N2O2S/c1-8-3-4-10(14)6-12(8)20(18,19)17-13-5-9(2)11(15)7-16-13/h3-7H,1-2H3,(H,16,17). The first-order valence-corrected chi connectivity index (χ1v) is 8.77. The zero-order valence-corrected chi connectivity index (χ0v) is 14.8. The number of nitrogens with one attached hydrogen (secondary N) is 1. The summed E-state index contributed by atoms with van der Waals surface area (Å²) >= 11 is 6.61. The predicted molar refractivity (Wildman–Crippen MR) is 86.4 cm³/mol. The van der Waals surface area contributed by atoms with E-state index in [1.165, 1.54) is 0 Å². The van der Waals surface area contributed by atoms with Crippen LogP contribution in [0, 0.1) is 13.8 Å². The second kappa shape index (κ2) is 5.83. The van der Waals surface area contributed by atoms with E-state index in [-0.39, 0.29) is 4.90 Å². The molecule has 0 radical (unpaired) electrons. The summed E-state index contributed by atoms with van der Waals surface area (Å²) in [7, 11) is -3.65.